The summed E-state index contributed by atoms with van der Waals surface area (Å²) in [7, 11) is 0. The number of benzene rings is 1. The van der Waals surface area contributed by atoms with Crippen LogP contribution in [0.1, 0.15) is 32.2 Å². The summed E-state index contributed by atoms with van der Waals surface area (Å²) in [6, 6.07) is 10.5. The number of thiophene rings is 1. The highest BCUT2D eigenvalue weighted by molar-refractivity contribution is 7.09. The molecule has 0 atom stereocenters. The number of carbonyl (C=O) groups is 4. The van der Waals surface area contributed by atoms with Crippen molar-refractivity contribution in [3.63, 3.8) is 0 Å². The highest BCUT2D eigenvalue weighted by atomic mass is 32.1. The highest BCUT2D eigenvalue weighted by Gasteiger charge is 2.45. The van der Waals surface area contributed by atoms with E-state index < -0.39 is 30.2 Å². The van der Waals surface area contributed by atoms with E-state index in [4.69, 9.17) is 9.47 Å². The zero-order chi connectivity index (χ0) is 24.7. The van der Waals surface area contributed by atoms with Crippen molar-refractivity contribution in [1.82, 2.24) is 14.4 Å². The minimum Gasteiger partial charge on any atom is -0.454 e. The van der Waals surface area contributed by atoms with Crippen LogP contribution in [0.4, 0.5) is 4.79 Å². The van der Waals surface area contributed by atoms with Crippen molar-refractivity contribution in [1.29, 1.82) is 0 Å². The minimum absolute atomic E-state index is 0.0959. The Hall–Kier alpha value is -3.92. The standard InChI is InChI=1S/C25H23N3O6S/c1-15-10-19(16(2)27(15)12-17-5-6-21-22(11-17)34-14-33-21)20(29)13-28-24(31)23(30)26(25(28)32)8-7-18-4-3-9-35-18/h3-6,9-11H,7-8,12-14H2,1-2H3. The van der Waals surface area contributed by atoms with E-state index in [1.807, 2.05) is 54.1 Å². The Morgan fingerprint density at radius 2 is 1.77 bits per heavy atom. The minimum atomic E-state index is -0.969. The first-order chi connectivity index (χ1) is 16.8. The summed E-state index contributed by atoms with van der Waals surface area (Å²) in [5, 5.41) is 1.90. The summed E-state index contributed by atoms with van der Waals surface area (Å²) in [5.74, 6) is -0.883. The molecule has 35 heavy (non-hydrogen) atoms. The van der Waals surface area contributed by atoms with Gasteiger partial charge in [-0.2, -0.15) is 0 Å². The highest BCUT2D eigenvalue weighted by Crippen LogP contribution is 2.33. The van der Waals surface area contributed by atoms with E-state index in [1.165, 1.54) is 11.3 Å². The molecule has 2 aliphatic heterocycles. The molecule has 1 saturated heterocycles. The van der Waals surface area contributed by atoms with Crippen molar-refractivity contribution in [3.8, 4) is 11.5 Å². The lowest BCUT2D eigenvalue weighted by molar-refractivity contribution is -0.143. The molecular weight excluding hydrogens is 470 g/mol. The van der Waals surface area contributed by atoms with Gasteiger partial charge in [-0.1, -0.05) is 12.1 Å². The molecule has 10 heteroatoms. The predicted molar refractivity (Wildman–Crippen MR) is 127 cm³/mol. The number of amides is 4. The van der Waals surface area contributed by atoms with E-state index in [-0.39, 0.29) is 13.3 Å². The number of ether oxygens (including phenoxy) is 2. The molecule has 2 aromatic heterocycles. The maximum Gasteiger partial charge on any atom is 0.334 e. The van der Waals surface area contributed by atoms with Crippen LogP contribution in [0.5, 0.6) is 11.5 Å². The fourth-order valence-electron chi connectivity index (χ4n) is 4.34. The molecule has 5 rings (SSSR count). The zero-order valence-electron chi connectivity index (χ0n) is 19.3. The third-order valence-corrected chi connectivity index (χ3v) is 7.19. The normalized spacial score (nSPS) is 15.0. The van der Waals surface area contributed by atoms with Gasteiger partial charge in [0, 0.05) is 41.3 Å². The molecule has 0 unspecified atom stereocenters. The molecule has 4 amide bonds. The smallest absolute Gasteiger partial charge is 0.334 e. The fourth-order valence-corrected chi connectivity index (χ4v) is 5.04. The van der Waals surface area contributed by atoms with Crippen LogP contribution in [0, 0.1) is 13.8 Å². The van der Waals surface area contributed by atoms with Gasteiger partial charge in [-0.05, 0) is 49.1 Å². The number of hydrogen-bond acceptors (Lipinski definition) is 7. The monoisotopic (exact) mass is 493 g/mol. The maximum atomic E-state index is 13.1. The Kier molecular flexibility index (Phi) is 5.89. The Labute approximate surface area is 205 Å². The first kappa shape index (κ1) is 22.9. The molecule has 0 bridgehead atoms. The van der Waals surface area contributed by atoms with Gasteiger partial charge in [0.05, 0.1) is 6.54 Å². The van der Waals surface area contributed by atoms with Crippen LogP contribution in [0.3, 0.4) is 0 Å². The van der Waals surface area contributed by atoms with Crippen LogP contribution in [0.2, 0.25) is 0 Å². The second kappa shape index (κ2) is 9.03. The lowest BCUT2D eigenvalue weighted by Gasteiger charge is -2.15. The van der Waals surface area contributed by atoms with E-state index >= 15 is 0 Å². The molecule has 0 spiro atoms. The molecule has 0 radical (unpaired) electrons. The number of imide groups is 2. The largest absolute Gasteiger partial charge is 0.454 e. The lowest BCUT2D eigenvalue weighted by Crippen LogP contribution is -2.37. The van der Waals surface area contributed by atoms with Gasteiger partial charge in [-0.15, -0.1) is 11.3 Å². The number of aromatic nitrogens is 1. The van der Waals surface area contributed by atoms with Crippen LogP contribution in [0.15, 0.2) is 41.8 Å². The molecule has 1 fully saturated rings. The van der Waals surface area contributed by atoms with Gasteiger partial charge in [-0.25, -0.2) is 9.69 Å². The number of nitrogens with zero attached hydrogens (tertiary/aromatic N) is 3. The SMILES string of the molecule is Cc1cc(C(=O)CN2C(=O)C(=O)N(CCc3cccs3)C2=O)c(C)n1Cc1ccc2c(c1)OCO2. The van der Waals surface area contributed by atoms with E-state index in [9.17, 15) is 19.2 Å². The predicted octanol–water partition coefficient (Wildman–Crippen LogP) is 3.16. The van der Waals surface area contributed by atoms with Gasteiger partial charge in [0.2, 0.25) is 6.79 Å². The van der Waals surface area contributed by atoms with E-state index in [0.29, 0.717) is 35.7 Å². The molecule has 1 aromatic carbocycles. The molecule has 9 nitrogen and oxygen atoms in total. The number of Topliss-reactive ketones (excluding diaryl/α,β-unsaturated/α-hetero) is 1. The summed E-state index contributed by atoms with van der Waals surface area (Å²) < 4.78 is 12.8. The zero-order valence-corrected chi connectivity index (χ0v) is 20.1. The first-order valence-electron chi connectivity index (χ1n) is 11.1. The molecule has 0 saturated carbocycles. The van der Waals surface area contributed by atoms with Gasteiger partial charge >= 0.3 is 17.8 Å². The Morgan fingerprint density at radius 3 is 2.54 bits per heavy atom. The van der Waals surface area contributed by atoms with Gasteiger partial charge in [0.15, 0.2) is 17.3 Å². The quantitative estimate of drug-likeness (QED) is 0.272. The van der Waals surface area contributed by atoms with Crippen LogP contribution in [-0.2, 0) is 22.6 Å². The van der Waals surface area contributed by atoms with Crippen molar-refractivity contribution in [2.45, 2.75) is 26.8 Å². The molecule has 2 aliphatic rings. The number of carbonyl (C=O) groups excluding carboxylic acids is 4. The number of rotatable bonds is 8. The second-order valence-electron chi connectivity index (χ2n) is 8.44. The Balaban J connectivity index is 1.29. The van der Waals surface area contributed by atoms with Gasteiger partial charge in [0.1, 0.15) is 0 Å². The number of fused-ring (bicyclic) bond motifs is 1. The molecule has 3 aromatic rings. The topological polar surface area (TPSA) is 98.2 Å². The van der Waals surface area contributed by atoms with Crippen molar-refractivity contribution in [2.24, 2.45) is 0 Å². The van der Waals surface area contributed by atoms with Crippen molar-refractivity contribution in [2.75, 3.05) is 19.9 Å². The number of urea groups is 1. The average Bonchev–Trinajstić information content (AvgIpc) is 3.61. The van der Waals surface area contributed by atoms with Crippen LogP contribution in [-0.4, -0.2) is 57.9 Å². The average molecular weight is 494 g/mol. The van der Waals surface area contributed by atoms with Crippen molar-refractivity contribution >= 4 is 35.0 Å². The maximum absolute atomic E-state index is 13.1. The van der Waals surface area contributed by atoms with E-state index in [2.05, 4.69) is 0 Å². The summed E-state index contributed by atoms with van der Waals surface area (Å²) in [5.41, 5.74) is 2.96. The summed E-state index contributed by atoms with van der Waals surface area (Å²) in [4.78, 5) is 53.4. The van der Waals surface area contributed by atoms with Crippen LogP contribution >= 0.6 is 11.3 Å². The fraction of sp³-hybridized carbons (Fsp3) is 0.280. The van der Waals surface area contributed by atoms with Crippen LogP contribution in [0.25, 0.3) is 0 Å². The molecule has 0 aliphatic carbocycles. The molecular formula is C25H23N3O6S. The van der Waals surface area contributed by atoms with Gasteiger partial charge in [0.25, 0.3) is 0 Å². The van der Waals surface area contributed by atoms with Gasteiger partial charge < -0.3 is 14.0 Å². The molecule has 4 heterocycles. The van der Waals surface area contributed by atoms with Crippen molar-refractivity contribution in [3.05, 3.63) is 69.2 Å². The van der Waals surface area contributed by atoms with E-state index in [1.54, 1.807) is 6.07 Å². The van der Waals surface area contributed by atoms with Crippen molar-refractivity contribution < 1.29 is 28.7 Å². The van der Waals surface area contributed by atoms with Crippen LogP contribution < -0.4 is 9.47 Å². The second-order valence-corrected chi connectivity index (χ2v) is 9.47. The number of aryl methyl sites for hydroxylation is 1. The Bertz CT molecular complexity index is 1340. The molecule has 180 valence electrons. The van der Waals surface area contributed by atoms with Gasteiger partial charge in [-0.3, -0.25) is 19.3 Å². The summed E-state index contributed by atoms with van der Waals surface area (Å²) >= 11 is 1.51. The third kappa shape index (κ3) is 4.21. The summed E-state index contributed by atoms with van der Waals surface area (Å²) in [6.07, 6.45) is 0.464. The number of ketones is 1. The summed E-state index contributed by atoms with van der Waals surface area (Å²) in [6.45, 7) is 4.03. The van der Waals surface area contributed by atoms with E-state index in [0.717, 1.165) is 25.9 Å². The lowest BCUT2D eigenvalue weighted by atomic mass is 10.1. The first-order valence-corrected chi connectivity index (χ1v) is 12.0. The number of hydrogen-bond donors (Lipinski definition) is 0. The molecule has 0 N–H and O–H groups in total. The Morgan fingerprint density at radius 1 is 1.00 bits per heavy atom. The third-order valence-electron chi connectivity index (χ3n) is 6.25.